The third kappa shape index (κ3) is 4.75. The Balaban J connectivity index is 2.38. The number of nitrogens with two attached hydrogens (primary N) is 1. The first kappa shape index (κ1) is 16.9. The highest BCUT2D eigenvalue weighted by Gasteiger charge is 2.14. The number of hydrogen-bond acceptors (Lipinski definition) is 2. The molecule has 1 unspecified atom stereocenters. The lowest BCUT2D eigenvalue weighted by molar-refractivity contribution is 0.311. The summed E-state index contributed by atoms with van der Waals surface area (Å²) in [6, 6.07) is 14.4. The largest absolute Gasteiger partial charge is 0.493 e. The minimum Gasteiger partial charge on any atom is -0.493 e. The highest BCUT2D eigenvalue weighted by atomic mass is 35.5. The first-order chi connectivity index (χ1) is 10.6. The average molecular weight is 318 g/mol. The minimum absolute atomic E-state index is 0.0759. The number of benzene rings is 2. The van der Waals surface area contributed by atoms with Crippen molar-refractivity contribution in [2.45, 2.75) is 39.2 Å². The van der Waals surface area contributed by atoms with Gasteiger partial charge in [0, 0.05) is 23.0 Å². The summed E-state index contributed by atoms with van der Waals surface area (Å²) in [6.45, 7) is 4.81. The fourth-order valence-electron chi connectivity index (χ4n) is 2.55. The molecule has 1 atom stereocenters. The summed E-state index contributed by atoms with van der Waals surface area (Å²) in [6.07, 6.45) is 2.55. The zero-order chi connectivity index (χ0) is 15.9. The van der Waals surface area contributed by atoms with Gasteiger partial charge in [-0.15, -0.1) is 0 Å². The molecule has 0 spiro atoms. The van der Waals surface area contributed by atoms with Crippen molar-refractivity contribution >= 4 is 11.6 Å². The van der Waals surface area contributed by atoms with Crippen molar-refractivity contribution in [1.82, 2.24) is 0 Å². The predicted octanol–water partition coefficient (Wildman–Crippen LogP) is 4.61. The topological polar surface area (TPSA) is 35.2 Å². The summed E-state index contributed by atoms with van der Waals surface area (Å²) < 4.78 is 6.03. The molecule has 22 heavy (non-hydrogen) atoms. The third-order valence-electron chi connectivity index (χ3n) is 3.44. The fourth-order valence-corrected chi connectivity index (χ4v) is 2.81. The van der Waals surface area contributed by atoms with Gasteiger partial charge in [0.05, 0.1) is 6.61 Å². The van der Waals surface area contributed by atoms with E-state index in [-0.39, 0.29) is 6.04 Å². The molecule has 0 aromatic heterocycles. The molecular weight excluding hydrogens is 294 g/mol. The Morgan fingerprint density at radius 2 is 1.82 bits per heavy atom. The van der Waals surface area contributed by atoms with Crippen LogP contribution >= 0.6 is 11.6 Å². The van der Waals surface area contributed by atoms with Crippen LogP contribution in [0, 0.1) is 0 Å². The third-order valence-corrected chi connectivity index (χ3v) is 3.66. The lowest BCUT2D eigenvalue weighted by Crippen LogP contribution is -2.19. The first-order valence-electron chi connectivity index (χ1n) is 7.83. The smallest absolute Gasteiger partial charge is 0.126 e. The average Bonchev–Trinajstić information content (AvgIpc) is 2.47. The molecule has 0 bridgehead atoms. The minimum atomic E-state index is 0.0759. The first-order valence-corrected chi connectivity index (χ1v) is 8.21. The highest BCUT2D eigenvalue weighted by molar-refractivity contribution is 6.30. The summed E-state index contributed by atoms with van der Waals surface area (Å²) in [5, 5.41) is 0.741. The van der Waals surface area contributed by atoms with Gasteiger partial charge in [-0.2, -0.15) is 0 Å². The molecule has 0 aliphatic carbocycles. The molecule has 2 nitrogen and oxygen atoms in total. The van der Waals surface area contributed by atoms with Crippen LogP contribution < -0.4 is 10.5 Å². The zero-order valence-corrected chi connectivity index (χ0v) is 14.1. The summed E-state index contributed by atoms with van der Waals surface area (Å²) >= 11 is 6.31. The van der Waals surface area contributed by atoms with Gasteiger partial charge in [-0.1, -0.05) is 48.9 Å². The molecule has 0 saturated heterocycles. The van der Waals surface area contributed by atoms with Gasteiger partial charge in [0.1, 0.15) is 5.75 Å². The highest BCUT2D eigenvalue weighted by Crippen LogP contribution is 2.31. The summed E-state index contributed by atoms with van der Waals surface area (Å²) in [4.78, 5) is 0. The summed E-state index contributed by atoms with van der Waals surface area (Å²) in [7, 11) is 0. The maximum absolute atomic E-state index is 6.31. The van der Waals surface area contributed by atoms with Crippen molar-refractivity contribution in [3.8, 4) is 5.75 Å². The molecule has 2 aromatic rings. The Morgan fingerprint density at radius 3 is 2.45 bits per heavy atom. The van der Waals surface area contributed by atoms with Crippen molar-refractivity contribution < 1.29 is 4.74 Å². The number of rotatable bonds is 7. The molecular formula is C19H24ClNO. The van der Waals surface area contributed by atoms with Crippen molar-refractivity contribution in [2.24, 2.45) is 5.73 Å². The molecule has 0 amide bonds. The molecule has 0 saturated carbocycles. The maximum Gasteiger partial charge on any atom is 0.126 e. The number of halogens is 1. The van der Waals surface area contributed by atoms with E-state index in [4.69, 9.17) is 22.1 Å². The van der Waals surface area contributed by atoms with Crippen LogP contribution in [0.1, 0.15) is 37.0 Å². The van der Waals surface area contributed by atoms with Crippen LogP contribution in [0.3, 0.4) is 0 Å². The molecule has 2 aromatic carbocycles. The van der Waals surface area contributed by atoms with E-state index in [1.165, 1.54) is 5.56 Å². The normalized spacial score (nSPS) is 12.2. The van der Waals surface area contributed by atoms with Crippen molar-refractivity contribution in [3.05, 3.63) is 64.2 Å². The molecule has 0 heterocycles. The second kappa shape index (κ2) is 8.21. The Morgan fingerprint density at radius 1 is 1.14 bits per heavy atom. The summed E-state index contributed by atoms with van der Waals surface area (Å²) in [5.41, 5.74) is 9.45. The SMILES string of the molecule is CCCOc1c(Cc2ccccc2)cc(Cl)cc1CC(C)N. The van der Waals surface area contributed by atoms with Gasteiger partial charge in [0.15, 0.2) is 0 Å². The van der Waals surface area contributed by atoms with Gasteiger partial charge in [0.25, 0.3) is 0 Å². The van der Waals surface area contributed by atoms with E-state index >= 15 is 0 Å². The van der Waals surface area contributed by atoms with E-state index in [2.05, 4.69) is 31.2 Å². The van der Waals surface area contributed by atoms with Gasteiger partial charge in [-0.3, -0.25) is 0 Å². The Bertz CT molecular complexity index is 596. The van der Waals surface area contributed by atoms with Gasteiger partial charge in [0.2, 0.25) is 0 Å². The maximum atomic E-state index is 6.31. The van der Waals surface area contributed by atoms with Crippen LogP contribution in [0.2, 0.25) is 5.02 Å². The standard InChI is InChI=1S/C19H24ClNO/c1-3-9-22-19-16(10-14(2)21)12-18(20)13-17(19)11-15-7-5-4-6-8-15/h4-8,12-14H,3,9-11,21H2,1-2H3. The Labute approximate surface area is 138 Å². The van der Waals surface area contributed by atoms with Crippen molar-refractivity contribution in [2.75, 3.05) is 6.61 Å². The predicted molar refractivity (Wildman–Crippen MR) is 93.8 cm³/mol. The van der Waals surface area contributed by atoms with E-state index in [1.807, 2.05) is 25.1 Å². The lowest BCUT2D eigenvalue weighted by atomic mass is 9.98. The molecule has 0 aliphatic heterocycles. The van der Waals surface area contributed by atoms with Crippen LogP contribution in [0.15, 0.2) is 42.5 Å². The van der Waals surface area contributed by atoms with E-state index in [0.717, 1.165) is 41.2 Å². The summed E-state index contributed by atoms with van der Waals surface area (Å²) in [5.74, 6) is 0.951. The van der Waals surface area contributed by atoms with E-state index in [9.17, 15) is 0 Å². The van der Waals surface area contributed by atoms with Crippen LogP contribution in [0.4, 0.5) is 0 Å². The van der Waals surface area contributed by atoms with Crippen LogP contribution in [0.5, 0.6) is 5.75 Å². The van der Waals surface area contributed by atoms with E-state index in [1.54, 1.807) is 0 Å². The number of hydrogen-bond donors (Lipinski definition) is 1. The van der Waals surface area contributed by atoms with Crippen LogP contribution in [0.25, 0.3) is 0 Å². The van der Waals surface area contributed by atoms with Crippen molar-refractivity contribution in [3.63, 3.8) is 0 Å². The molecule has 0 fully saturated rings. The van der Waals surface area contributed by atoms with Crippen LogP contribution in [-0.4, -0.2) is 12.6 Å². The molecule has 0 radical (unpaired) electrons. The monoisotopic (exact) mass is 317 g/mol. The zero-order valence-electron chi connectivity index (χ0n) is 13.3. The number of ether oxygens (including phenoxy) is 1. The quantitative estimate of drug-likeness (QED) is 0.809. The Kier molecular flexibility index (Phi) is 6.29. The lowest BCUT2D eigenvalue weighted by Gasteiger charge is -2.18. The Hall–Kier alpha value is -1.51. The van der Waals surface area contributed by atoms with E-state index < -0.39 is 0 Å². The molecule has 0 aliphatic rings. The molecule has 118 valence electrons. The van der Waals surface area contributed by atoms with E-state index in [0.29, 0.717) is 6.61 Å². The van der Waals surface area contributed by atoms with Crippen molar-refractivity contribution in [1.29, 1.82) is 0 Å². The van der Waals surface area contributed by atoms with Gasteiger partial charge >= 0.3 is 0 Å². The fraction of sp³-hybridized carbons (Fsp3) is 0.368. The van der Waals surface area contributed by atoms with Gasteiger partial charge < -0.3 is 10.5 Å². The van der Waals surface area contributed by atoms with Gasteiger partial charge in [-0.25, -0.2) is 0 Å². The second-order valence-corrected chi connectivity index (χ2v) is 6.18. The molecule has 2 rings (SSSR count). The molecule has 2 N–H and O–H groups in total. The van der Waals surface area contributed by atoms with Crippen LogP contribution in [-0.2, 0) is 12.8 Å². The van der Waals surface area contributed by atoms with Gasteiger partial charge in [-0.05, 0) is 43.0 Å². The second-order valence-electron chi connectivity index (χ2n) is 5.75. The molecule has 3 heteroatoms.